The number of carbonyl (C=O) groups excluding carboxylic acids is 1. The quantitative estimate of drug-likeness (QED) is 0.706. The lowest BCUT2D eigenvalue weighted by Crippen LogP contribution is -2.33. The summed E-state index contributed by atoms with van der Waals surface area (Å²) in [4.78, 5) is 11.4. The number of nitrogens with one attached hydrogen (secondary N) is 1. The molecule has 2 unspecified atom stereocenters. The molecule has 1 saturated heterocycles. The molecule has 88 valence electrons. The highest BCUT2D eigenvalue weighted by Crippen LogP contribution is 2.12. The van der Waals surface area contributed by atoms with Crippen molar-refractivity contribution in [3.8, 4) is 0 Å². The summed E-state index contributed by atoms with van der Waals surface area (Å²) in [5, 5.41) is 2.93. The SMILES string of the molecule is CC(N)CCC(=O)NCC1CCCOC1. The van der Waals surface area contributed by atoms with Gasteiger partial charge in [0, 0.05) is 25.6 Å². The standard InChI is InChI=1S/C11H22N2O2/c1-9(12)4-5-11(14)13-7-10-3-2-6-15-8-10/h9-10H,2-8,12H2,1H3,(H,13,14). The summed E-state index contributed by atoms with van der Waals surface area (Å²) < 4.78 is 5.34. The summed E-state index contributed by atoms with van der Waals surface area (Å²) >= 11 is 0. The molecule has 1 rings (SSSR count). The number of carbonyl (C=O) groups is 1. The first-order chi connectivity index (χ1) is 7.18. The molecule has 0 aromatic heterocycles. The third-order valence-corrected chi connectivity index (χ3v) is 2.67. The highest BCUT2D eigenvalue weighted by atomic mass is 16.5. The molecule has 0 aromatic carbocycles. The molecule has 4 nitrogen and oxygen atoms in total. The van der Waals surface area contributed by atoms with Gasteiger partial charge < -0.3 is 15.8 Å². The molecule has 0 aromatic rings. The average molecular weight is 214 g/mol. The molecule has 1 aliphatic rings. The third kappa shape index (κ3) is 5.74. The van der Waals surface area contributed by atoms with Crippen LogP contribution in [0.25, 0.3) is 0 Å². The van der Waals surface area contributed by atoms with Crippen LogP contribution in [-0.4, -0.2) is 31.7 Å². The lowest BCUT2D eigenvalue weighted by molar-refractivity contribution is -0.121. The van der Waals surface area contributed by atoms with E-state index < -0.39 is 0 Å². The fourth-order valence-corrected chi connectivity index (χ4v) is 1.67. The van der Waals surface area contributed by atoms with Crippen molar-refractivity contribution in [2.24, 2.45) is 11.7 Å². The topological polar surface area (TPSA) is 64.4 Å². The van der Waals surface area contributed by atoms with Crippen molar-refractivity contribution in [2.45, 2.75) is 38.6 Å². The number of hydrogen-bond acceptors (Lipinski definition) is 3. The van der Waals surface area contributed by atoms with Gasteiger partial charge in [-0.2, -0.15) is 0 Å². The summed E-state index contributed by atoms with van der Waals surface area (Å²) in [6.07, 6.45) is 3.56. The zero-order valence-corrected chi connectivity index (χ0v) is 9.50. The lowest BCUT2D eigenvalue weighted by atomic mass is 10.0. The van der Waals surface area contributed by atoms with Gasteiger partial charge in [0.15, 0.2) is 0 Å². The average Bonchev–Trinajstić information content (AvgIpc) is 2.25. The Morgan fingerprint density at radius 3 is 3.07 bits per heavy atom. The van der Waals surface area contributed by atoms with Gasteiger partial charge in [-0.25, -0.2) is 0 Å². The zero-order valence-electron chi connectivity index (χ0n) is 9.50. The van der Waals surface area contributed by atoms with Crippen LogP contribution in [-0.2, 0) is 9.53 Å². The second-order valence-electron chi connectivity index (χ2n) is 4.40. The van der Waals surface area contributed by atoms with E-state index in [1.807, 2.05) is 6.92 Å². The van der Waals surface area contributed by atoms with Crippen LogP contribution in [0.5, 0.6) is 0 Å². The molecule has 1 heterocycles. The van der Waals surface area contributed by atoms with Crippen molar-refractivity contribution in [1.29, 1.82) is 0 Å². The second-order valence-corrected chi connectivity index (χ2v) is 4.40. The van der Waals surface area contributed by atoms with E-state index in [0.29, 0.717) is 12.3 Å². The molecule has 0 radical (unpaired) electrons. The van der Waals surface area contributed by atoms with E-state index >= 15 is 0 Å². The fraction of sp³-hybridized carbons (Fsp3) is 0.909. The Morgan fingerprint density at radius 1 is 1.67 bits per heavy atom. The van der Waals surface area contributed by atoms with Crippen molar-refractivity contribution in [3.63, 3.8) is 0 Å². The molecule has 4 heteroatoms. The molecule has 2 atom stereocenters. The highest BCUT2D eigenvalue weighted by molar-refractivity contribution is 5.75. The van der Waals surface area contributed by atoms with Crippen molar-refractivity contribution >= 4 is 5.91 Å². The van der Waals surface area contributed by atoms with E-state index in [1.54, 1.807) is 0 Å². The molecule has 3 N–H and O–H groups in total. The van der Waals surface area contributed by atoms with Gasteiger partial charge in [0.2, 0.25) is 5.91 Å². The normalized spacial score (nSPS) is 23.5. The molecule has 1 fully saturated rings. The van der Waals surface area contributed by atoms with Crippen LogP contribution < -0.4 is 11.1 Å². The molecule has 1 aliphatic heterocycles. The Bertz CT molecular complexity index is 189. The molecule has 15 heavy (non-hydrogen) atoms. The first kappa shape index (κ1) is 12.5. The molecule has 0 aliphatic carbocycles. The molecule has 0 spiro atoms. The lowest BCUT2D eigenvalue weighted by Gasteiger charge is -2.22. The summed E-state index contributed by atoms with van der Waals surface area (Å²) in [5.74, 6) is 0.607. The smallest absolute Gasteiger partial charge is 0.220 e. The maximum atomic E-state index is 11.4. The minimum Gasteiger partial charge on any atom is -0.381 e. The van der Waals surface area contributed by atoms with E-state index in [-0.39, 0.29) is 11.9 Å². The van der Waals surface area contributed by atoms with Gasteiger partial charge in [0.25, 0.3) is 0 Å². The van der Waals surface area contributed by atoms with Gasteiger partial charge in [-0.3, -0.25) is 4.79 Å². The van der Waals surface area contributed by atoms with Crippen molar-refractivity contribution in [3.05, 3.63) is 0 Å². The monoisotopic (exact) mass is 214 g/mol. The Balaban J connectivity index is 2.05. The van der Waals surface area contributed by atoms with Gasteiger partial charge in [-0.05, 0) is 32.1 Å². The van der Waals surface area contributed by atoms with Gasteiger partial charge in [-0.15, -0.1) is 0 Å². The van der Waals surface area contributed by atoms with Crippen LogP contribution >= 0.6 is 0 Å². The third-order valence-electron chi connectivity index (χ3n) is 2.67. The Morgan fingerprint density at radius 2 is 2.47 bits per heavy atom. The maximum absolute atomic E-state index is 11.4. The predicted octanol–water partition coefficient (Wildman–Crippen LogP) is 0.657. The van der Waals surface area contributed by atoms with Crippen LogP contribution in [0, 0.1) is 5.92 Å². The van der Waals surface area contributed by atoms with E-state index in [1.165, 1.54) is 0 Å². The number of hydrogen-bond donors (Lipinski definition) is 2. The number of ether oxygens (including phenoxy) is 1. The van der Waals surface area contributed by atoms with Crippen molar-refractivity contribution < 1.29 is 9.53 Å². The minimum atomic E-state index is 0.105. The summed E-state index contributed by atoms with van der Waals surface area (Å²) in [5.41, 5.74) is 5.58. The molecule has 0 saturated carbocycles. The number of rotatable bonds is 5. The van der Waals surface area contributed by atoms with E-state index in [4.69, 9.17) is 10.5 Å². The van der Waals surface area contributed by atoms with Crippen LogP contribution in [0.1, 0.15) is 32.6 Å². The van der Waals surface area contributed by atoms with Crippen LogP contribution in [0.3, 0.4) is 0 Å². The maximum Gasteiger partial charge on any atom is 0.220 e. The molecular formula is C11H22N2O2. The largest absolute Gasteiger partial charge is 0.381 e. The van der Waals surface area contributed by atoms with Gasteiger partial charge >= 0.3 is 0 Å². The first-order valence-corrected chi connectivity index (χ1v) is 5.78. The van der Waals surface area contributed by atoms with Gasteiger partial charge in [-0.1, -0.05) is 0 Å². The zero-order chi connectivity index (χ0) is 11.1. The highest BCUT2D eigenvalue weighted by Gasteiger charge is 2.14. The van der Waals surface area contributed by atoms with E-state index in [0.717, 1.165) is 39.0 Å². The summed E-state index contributed by atoms with van der Waals surface area (Å²) in [6, 6.07) is 0.105. The molecular weight excluding hydrogens is 192 g/mol. The molecule has 0 bridgehead atoms. The minimum absolute atomic E-state index is 0.105. The number of amides is 1. The Labute approximate surface area is 91.5 Å². The summed E-state index contributed by atoms with van der Waals surface area (Å²) in [7, 11) is 0. The first-order valence-electron chi connectivity index (χ1n) is 5.78. The molecule has 1 amide bonds. The van der Waals surface area contributed by atoms with E-state index in [9.17, 15) is 4.79 Å². The summed E-state index contributed by atoms with van der Waals surface area (Å²) in [6.45, 7) is 4.32. The van der Waals surface area contributed by atoms with Crippen LogP contribution in [0.2, 0.25) is 0 Å². The Kier molecular flexibility index (Phi) is 5.65. The Hall–Kier alpha value is -0.610. The predicted molar refractivity (Wildman–Crippen MR) is 59.4 cm³/mol. The van der Waals surface area contributed by atoms with Crippen LogP contribution in [0.15, 0.2) is 0 Å². The number of nitrogens with two attached hydrogens (primary N) is 1. The van der Waals surface area contributed by atoms with Crippen molar-refractivity contribution in [2.75, 3.05) is 19.8 Å². The van der Waals surface area contributed by atoms with Gasteiger partial charge in [0.1, 0.15) is 0 Å². The second kappa shape index (κ2) is 6.80. The van der Waals surface area contributed by atoms with Gasteiger partial charge in [0.05, 0.1) is 6.61 Å². The fourth-order valence-electron chi connectivity index (χ4n) is 1.67. The van der Waals surface area contributed by atoms with Crippen molar-refractivity contribution in [1.82, 2.24) is 5.32 Å². The van der Waals surface area contributed by atoms with E-state index in [2.05, 4.69) is 5.32 Å². The van der Waals surface area contributed by atoms with Crippen LogP contribution in [0.4, 0.5) is 0 Å².